The molecule has 84 valence electrons. The van der Waals surface area contributed by atoms with E-state index in [4.69, 9.17) is 0 Å². The Morgan fingerprint density at radius 2 is 1.60 bits per heavy atom. The van der Waals surface area contributed by atoms with Crippen LogP contribution in [0.1, 0.15) is 51.6 Å². The molecule has 0 unspecified atom stereocenters. The molecule has 2 nitrogen and oxygen atoms in total. The first kappa shape index (κ1) is 12.2. The number of nitrogens with zero attached hydrogens (tertiary/aromatic N) is 1. The summed E-state index contributed by atoms with van der Waals surface area (Å²) in [6, 6.07) is 4.06. The standard InChI is InChI=1S/C13H21NO/c1-9-7-8-10(12(2,3)4)14-11(9)13(5,6)15/h7-8,15H,1-6H3. The summed E-state index contributed by atoms with van der Waals surface area (Å²) in [4.78, 5) is 4.56. The first-order valence-electron chi connectivity index (χ1n) is 5.33. The first-order valence-corrected chi connectivity index (χ1v) is 5.33. The van der Waals surface area contributed by atoms with Gasteiger partial charge in [0, 0.05) is 11.1 Å². The highest BCUT2D eigenvalue weighted by atomic mass is 16.3. The lowest BCUT2D eigenvalue weighted by Gasteiger charge is -2.24. The maximum atomic E-state index is 10.00. The van der Waals surface area contributed by atoms with E-state index in [0.29, 0.717) is 0 Å². The van der Waals surface area contributed by atoms with Crippen molar-refractivity contribution in [2.75, 3.05) is 0 Å². The molecule has 1 aromatic rings. The van der Waals surface area contributed by atoms with Crippen LogP contribution in [0.2, 0.25) is 0 Å². The molecule has 1 aromatic heterocycles. The zero-order valence-electron chi connectivity index (χ0n) is 10.5. The summed E-state index contributed by atoms with van der Waals surface area (Å²) in [6.45, 7) is 11.9. The highest BCUT2D eigenvalue weighted by Gasteiger charge is 2.23. The van der Waals surface area contributed by atoms with Crippen LogP contribution in [-0.2, 0) is 11.0 Å². The summed E-state index contributed by atoms with van der Waals surface area (Å²) in [6.07, 6.45) is 0. The van der Waals surface area contributed by atoms with Gasteiger partial charge in [0.15, 0.2) is 0 Å². The Balaban J connectivity index is 3.30. The fourth-order valence-corrected chi connectivity index (χ4v) is 1.57. The monoisotopic (exact) mass is 207 g/mol. The van der Waals surface area contributed by atoms with Gasteiger partial charge in [0.1, 0.15) is 5.60 Å². The second-order valence-electron chi connectivity index (χ2n) is 5.67. The van der Waals surface area contributed by atoms with E-state index >= 15 is 0 Å². The van der Waals surface area contributed by atoms with Gasteiger partial charge in [0.2, 0.25) is 0 Å². The fourth-order valence-electron chi connectivity index (χ4n) is 1.57. The van der Waals surface area contributed by atoms with Crippen molar-refractivity contribution in [3.63, 3.8) is 0 Å². The van der Waals surface area contributed by atoms with Crippen LogP contribution in [0.15, 0.2) is 12.1 Å². The van der Waals surface area contributed by atoms with E-state index in [1.807, 2.05) is 19.1 Å². The van der Waals surface area contributed by atoms with Crippen molar-refractivity contribution in [3.8, 4) is 0 Å². The molecule has 0 amide bonds. The fraction of sp³-hybridized carbons (Fsp3) is 0.615. The van der Waals surface area contributed by atoms with Crippen LogP contribution in [0, 0.1) is 6.92 Å². The number of rotatable bonds is 1. The zero-order chi connectivity index (χ0) is 11.9. The van der Waals surface area contributed by atoms with E-state index in [2.05, 4.69) is 25.8 Å². The normalized spacial score (nSPS) is 13.0. The first-order chi connectivity index (χ1) is 6.62. The number of hydrogen-bond donors (Lipinski definition) is 1. The van der Waals surface area contributed by atoms with Crippen molar-refractivity contribution in [2.24, 2.45) is 0 Å². The molecule has 0 fully saturated rings. The lowest BCUT2D eigenvalue weighted by molar-refractivity contribution is 0.0727. The maximum absolute atomic E-state index is 10.00. The third-order valence-electron chi connectivity index (χ3n) is 2.44. The molecule has 0 radical (unpaired) electrons. The maximum Gasteiger partial charge on any atom is 0.101 e. The molecule has 0 saturated heterocycles. The van der Waals surface area contributed by atoms with E-state index in [9.17, 15) is 5.11 Å². The van der Waals surface area contributed by atoms with Crippen molar-refractivity contribution in [1.82, 2.24) is 4.98 Å². The summed E-state index contributed by atoms with van der Waals surface area (Å²) < 4.78 is 0. The minimum Gasteiger partial charge on any atom is -0.384 e. The molecule has 0 aliphatic carbocycles. The predicted molar refractivity (Wildman–Crippen MR) is 62.9 cm³/mol. The third-order valence-corrected chi connectivity index (χ3v) is 2.44. The molecule has 1 heterocycles. The highest BCUT2D eigenvalue weighted by Crippen LogP contribution is 2.26. The summed E-state index contributed by atoms with van der Waals surface area (Å²) in [5.74, 6) is 0. The lowest BCUT2D eigenvalue weighted by Crippen LogP contribution is -2.23. The molecular weight excluding hydrogens is 186 g/mol. The Kier molecular flexibility index (Phi) is 2.92. The van der Waals surface area contributed by atoms with Crippen molar-refractivity contribution in [2.45, 2.75) is 52.6 Å². The number of pyridine rings is 1. The van der Waals surface area contributed by atoms with Gasteiger partial charge in [-0.2, -0.15) is 0 Å². The van der Waals surface area contributed by atoms with E-state index in [1.165, 1.54) is 0 Å². The smallest absolute Gasteiger partial charge is 0.101 e. The second kappa shape index (κ2) is 3.60. The quantitative estimate of drug-likeness (QED) is 0.768. The number of hydrogen-bond acceptors (Lipinski definition) is 2. The largest absolute Gasteiger partial charge is 0.384 e. The summed E-state index contributed by atoms with van der Waals surface area (Å²) in [5, 5.41) is 10.00. The molecule has 0 spiro atoms. The molecule has 1 rings (SSSR count). The van der Waals surface area contributed by atoms with Crippen LogP contribution in [0.4, 0.5) is 0 Å². The van der Waals surface area contributed by atoms with Gasteiger partial charge in [-0.05, 0) is 32.4 Å². The van der Waals surface area contributed by atoms with Crippen LogP contribution < -0.4 is 0 Å². The molecule has 0 aromatic carbocycles. The Labute approximate surface area is 92.4 Å². The van der Waals surface area contributed by atoms with Crippen LogP contribution in [-0.4, -0.2) is 10.1 Å². The summed E-state index contributed by atoms with van der Waals surface area (Å²) in [7, 11) is 0. The average Bonchev–Trinajstić information content (AvgIpc) is 2.00. The van der Waals surface area contributed by atoms with Gasteiger partial charge in [-0.1, -0.05) is 26.8 Å². The predicted octanol–water partition coefficient (Wildman–Crippen LogP) is 2.91. The molecule has 0 bridgehead atoms. The van der Waals surface area contributed by atoms with Gasteiger partial charge in [0.05, 0.1) is 5.69 Å². The average molecular weight is 207 g/mol. The minimum absolute atomic E-state index is 0.0215. The van der Waals surface area contributed by atoms with Gasteiger partial charge in [-0.3, -0.25) is 4.98 Å². The Bertz CT molecular complexity index is 356. The third kappa shape index (κ3) is 2.78. The van der Waals surface area contributed by atoms with Crippen LogP contribution in [0.5, 0.6) is 0 Å². The zero-order valence-corrected chi connectivity index (χ0v) is 10.5. The van der Waals surface area contributed by atoms with E-state index < -0.39 is 5.60 Å². The van der Waals surface area contributed by atoms with Gasteiger partial charge >= 0.3 is 0 Å². The number of aliphatic hydroxyl groups is 1. The molecule has 1 N–H and O–H groups in total. The van der Waals surface area contributed by atoms with Gasteiger partial charge < -0.3 is 5.11 Å². The van der Waals surface area contributed by atoms with Gasteiger partial charge in [0.25, 0.3) is 0 Å². The topological polar surface area (TPSA) is 33.1 Å². The van der Waals surface area contributed by atoms with Crippen molar-refractivity contribution in [3.05, 3.63) is 29.1 Å². The van der Waals surface area contributed by atoms with Crippen molar-refractivity contribution < 1.29 is 5.11 Å². The molecule has 0 aliphatic heterocycles. The summed E-state index contributed by atoms with van der Waals surface area (Å²) >= 11 is 0. The van der Waals surface area contributed by atoms with Crippen molar-refractivity contribution in [1.29, 1.82) is 0 Å². The Morgan fingerprint density at radius 1 is 1.07 bits per heavy atom. The molecule has 0 saturated carbocycles. The van der Waals surface area contributed by atoms with Crippen LogP contribution >= 0.6 is 0 Å². The molecule has 2 heteroatoms. The number of aromatic nitrogens is 1. The highest BCUT2D eigenvalue weighted by molar-refractivity contribution is 5.28. The lowest BCUT2D eigenvalue weighted by atomic mass is 9.89. The van der Waals surface area contributed by atoms with E-state index in [0.717, 1.165) is 17.0 Å². The summed E-state index contributed by atoms with van der Waals surface area (Å²) in [5.41, 5.74) is 1.98. The van der Waals surface area contributed by atoms with E-state index in [1.54, 1.807) is 13.8 Å². The van der Waals surface area contributed by atoms with Crippen LogP contribution in [0.25, 0.3) is 0 Å². The molecule has 0 atom stereocenters. The number of aryl methyl sites for hydroxylation is 1. The molecule has 15 heavy (non-hydrogen) atoms. The Morgan fingerprint density at radius 3 is 2.00 bits per heavy atom. The molecular formula is C13H21NO. The Hall–Kier alpha value is -0.890. The second-order valence-corrected chi connectivity index (χ2v) is 5.67. The van der Waals surface area contributed by atoms with Crippen LogP contribution in [0.3, 0.4) is 0 Å². The SMILES string of the molecule is Cc1ccc(C(C)(C)C)nc1C(C)(C)O. The molecule has 0 aliphatic rings. The minimum atomic E-state index is -0.870. The van der Waals surface area contributed by atoms with Gasteiger partial charge in [-0.15, -0.1) is 0 Å². The van der Waals surface area contributed by atoms with E-state index in [-0.39, 0.29) is 5.41 Å². The van der Waals surface area contributed by atoms with Crippen molar-refractivity contribution >= 4 is 0 Å². The van der Waals surface area contributed by atoms with Gasteiger partial charge in [-0.25, -0.2) is 0 Å².